The quantitative estimate of drug-likeness (QED) is 0.180. The van der Waals surface area contributed by atoms with Crippen LogP contribution in [0.25, 0.3) is 38.2 Å². The fraction of sp³-hybridized carbons (Fsp3) is 0.200. The summed E-state index contributed by atoms with van der Waals surface area (Å²) in [5.41, 5.74) is 8.62. The standard InChI is InChI=1S/C50H40F3N/c1-48(2)41-25-31(17-20-40(41)49(3)23-22-34(51)28-45(48)49)29-10-9-11-30(24-29)32-16-19-39-44(26-32)54-50(4,33-18-21-42(52)43(53)27-33)47-38-15-8-6-13-36(38)35-12-5-7-14-37(35)46(39)47/h5-28,39,44-45,54H,1-4H3. The number of fused-ring (bicyclic) bond motifs is 11. The normalized spacial score (nSPS) is 26.2. The van der Waals surface area contributed by atoms with Crippen LogP contribution in [-0.4, -0.2) is 6.04 Å². The minimum Gasteiger partial charge on any atom is -0.297 e. The monoisotopic (exact) mass is 711 g/mol. The van der Waals surface area contributed by atoms with E-state index >= 15 is 4.39 Å². The summed E-state index contributed by atoms with van der Waals surface area (Å²) in [5, 5.41) is 8.55. The molecule has 0 radical (unpaired) electrons. The minimum atomic E-state index is -0.858. The number of allylic oxidation sites excluding steroid dienone is 6. The molecule has 10 rings (SSSR count). The Morgan fingerprint density at radius 3 is 2.07 bits per heavy atom. The Morgan fingerprint density at radius 1 is 0.593 bits per heavy atom. The van der Waals surface area contributed by atoms with Crippen LogP contribution in [0.3, 0.4) is 0 Å². The number of nitrogens with one attached hydrogen (secondary N) is 1. The van der Waals surface area contributed by atoms with Crippen LogP contribution >= 0.6 is 0 Å². The molecule has 5 atom stereocenters. The van der Waals surface area contributed by atoms with E-state index in [0.717, 1.165) is 38.6 Å². The van der Waals surface area contributed by atoms with E-state index in [0.29, 0.717) is 5.56 Å². The topological polar surface area (TPSA) is 12.0 Å². The Kier molecular flexibility index (Phi) is 7.07. The number of hydrogen-bond acceptors (Lipinski definition) is 1. The first-order valence-corrected chi connectivity index (χ1v) is 18.9. The fourth-order valence-corrected chi connectivity index (χ4v) is 10.5. The average molecular weight is 712 g/mol. The van der Waals surface area contributed by atoms with Crippen molar-refractivity contribution >= 4 is 27.1 Å². The van der Waals surface area contributed by atoms with E-state index in [1.807, 2.05) is 6.08 Å². The van der Waals surface area contributed by atoms with Crippen molar-refractivity contribution < 1.29 is 13.2 Å². The molecule has 3 aliphatic carbocycles. The Bertz CT molecular complexity index is 2710. The van der Waals surface area contributed by atoms with Gasteiger partial charge in [0.1, 0.15) is 5.83 Å². The van der Waals surface area contributed by atoms with Crippen molar-refractivity contribution in [3.63, 3.8) is 0 Å². The van der Waals surface area contributed by atoms with Crippen LogP contribution in [0, 0.1) is 17.6 Å². The number of benzene rings is 6. The van der Waals surface area contributed by atoms with Gasteiger partial charge in [-0.25, -0.2) is 13.2 Å². The predicted octanol–water partition coefficient (Wildman–Crippen LogP) is 12.5. The Hall–Kier alpha value is -5.45. The van der Waals surface area contributed by atoms with Crippen molar-refractivity contribution in [1.82, 2.24) is 5.32 Å². The zero-order valence-corrected chi connectivity index (χ0v) is 30.7. The van der Waals surface area contributed by atoms with Gasteiger partial charge < -0.3 is 0 Å². The fourth-order valence-electron chi connectivity index (χ4n) is 10.5. The van der Waals surface area contributed by atoms with Crippen molar-refractivity contribution in [2.24, 2.45) is 5.92 Å². The van der Waals surface area contributed by atoms with Crippen molar-refractivity contribution in [1.29, 1.82) is 0 Å². The SMILES string of the molecule is CC1(c2ccc(F)c(F)c2)NC2C=C(c3cccc(-c4ccc5c(c4)C(C)(C)C4C=C(F)C=CC54C)c3)C=CC2c2c1c1ccccc1c1ccccc21. The summed E-state index contributed by atoms with van der Waals surface area (Å²) < 4.78 is 43.9. The lowest BCUT2D eigenvalue weighted by Crippen LogP contribution is -2.53. The summed E-state index contributed by atoms with van der Waals surface area (Å²) in [4.78, 5) is 0. The van der Waals surface area contributed by atoms with Crippen LogP contribution in [0.4, 0.5) is 13.2 Å². The van der Waals surface area contributed by atoms with Gasteiger partial charge in [-0.1, -0.05) is 136 Å². The molecule has 1 nitrogen and oxygen atoms in total. The average Bonchev–Trinajstić information content (AvgIpc) is 3.36. The summed E-state index contributed by atoms with van der Waals surface area (Å²) in [5.74, 6) is -1.83. The molecule has 6 aromatic rings. The van der Waals surface area contributed by atoms with Crippen molar-refractivity contribution in [3.8, 4) is 11.1 Å². The first-order chi connectivity index (χ1) is 26.0. The van der Waals surface area contributed by atoms with Crippen molar-refractivity contribution in [2.45, 2.75) is 56.0 Å². The highest BCUT2D eigenvalue weighted by Crippen LogP contribution is 2.58. The largest absolute Gasteiger partial charge is 0.297 e. The predicted molar refractivity (Wildman–Crippen MR) is 215 cm³/mol. The van der Waals surface area contributed by atoms with E-state index in [1.165, 1.54) is 39.6 Å². The van der Waals surface area contributed by atoms with E-state index in [-0.39, 0.29) is 34.5 Å². The van der Waals surface area contributed by atoms with E-state index in [4.69, 9.17) is 0 Å². The lowest BCUT2D eigenvalue weighted by molar-refractivity contribution is 0.316. The van der Waals surface area contributed by atoms with Crippen molar-refractivity contribution in [2.75, 3.05) is 0 Å². The molecule has 5 unspecified atom stereocenters. The molecule has 54 heavy (non-hydrogen) atoms. The molecule has 1 N–H and O–H groups in total. The number of hydrogen-bond donors (Lipinski definition) is 1. The third kappa shape index (κ3) is 4.62. The molecule has 0 saturated carbocycles. The zero-order chi connectivity index (χ0) is 37.1. The van der Waals surface area contributed by atoms with Crippen LogP contribution in [0.15, 0.2) is 151 Å². The summed E-state index contributed by atoms with van der Waals surface area (Å²) in [7, 11) is 0. The summed E-state index contributed by atoms with van der Waals surface area (Å²) in [6, 6.07) is 36.6. The van der Waals surface area contributed by atoms with Crippen LogP contribution in [0.1, 0.15) is 67.0 Å². The number of rotatable bonds is 3. The van der Waals surface area contributed by atoms with Gasteiger partial charge in [-0.3, -0.25) is 5.32 Å². The van der Waals surface area contributed by atoms with Crippen LogP contribution in [0.2, 0.25) is 0 Å². The highest BCUT2D eigenvalue weighted by Gasteiger charge is 2.52. The first-order valence-electron chi connectivity index (χ1n) is 18.9. The van der Waals surface area contributed by atoms with Gasteiger partial charge in [0.05, 0.1) is 5.54 Å². The summed E-state index contributed by atoms with van der Waals surface area (Å²) in [6.07, 6.45) is 12.3. The van der Waals surface area contributed by atoms with Crippen LogP contribution in [0.5, 0.6) is 0 Å². The molecule has 1 aliphatic heterocycles. The van der Waals surface area contributed by atoms with E-state index in [2.05, 4.69) is 142 Å². The highest BCUT2D eigenvalue weighted by atomic mass is 19.2. The van der Waals surface area contributed by atoms with E-state index in [9.17, 15) is 8.78 Å². The molecule has 0 spiro atoms. The highest BCUT2D eigenvalue weighted by molar-refractivity contribution is 6.12. The third-order valence-electron chi connectivity index (χ3n) is 13.1. The van der Waals surface area contributed by atoms with Crippen LogP contribution < -0.4 is 5.32 Å². The molecular weight excluding hydrogens is 672 g/mol. The molecule has 6 aromatic carbocycles. The maximum atomic E-state index is 15.0. The Labute approximate surface area is 314 Å². The molecule has 4 heteroatoms. The van der Waals surface area contributed by atoms with Gasteiger partial charge in [-0.2, -0.15) is 0 Å². The van der Waals surface area contributed by atoms with Gasteiger partial charge in [0.25, 0.3) is 0 Å². The Morgan fingerprint density at radius 2 is 1.30 bits per heavy atom. The molecule has 0 bridgehead atoms. The molecule has 1 heterocycles. The minimum absolute atomic E-state index is 0.0107. The second-order valence-corrected chi connectivity index (χ2v) is 16.5. The molecule has 0 aromatic heterocycles. The second kappa shape index (κ2) is 11.5. The first kappa shape index (κ1) is 33.1. The molecular formula is C50H40F3N. The molecule has 0 amide bonds. The van der Waals surface area contributed by atoms with Crippen molar-refractivity contribution in [3.05, 3.63) is 196 Å². The molecule has 0 saturated heterocycles. The van der Waals surface area contributed by atoms with Gasteiger partial charge in [-0.05, 0) is 114 Å². The lowest BCUT2D eigenvalue weighted by atomic mass is 9.67. The van der Waals surface area contributed by atoms with Gasteiger partial charge >= 0.3 is 0 Å². The van der Waals surface area contributed by atoms with E-state index < -0.39 is 17.2 Å². The molecule has 266 valence electrons. The summed E-state index contributed by atoms with van der Waals surface area (Å²) in [6.45, 7) is 8.79. The van der Waals surface area contributed by atoms with Gasteiger partial charge in [0.2, 0.25) is 0 Å². The second-order valence-electron chi connectivity index (χ2n) is 16.5. The Balaban J connectivity index is 1.09. The van der Waals surface area contributed by atoms with Crippen LogP contribution in [-0.2, 0) is 16.4 Å². The number of halogens is 3. The molecule has 4 aliphatic rings. The third-order valence-corrected chi connectivity index (χ3v) is 13.1. The van der Waals surface area contributed by atoms with E-state index in [1.54, 1.807) is 18.2 Å². The zero-order valence-electron chi connectivity index (χ0n) is 30.7. The maximum absolute atomic E-state index is 15.0. The lowest BCUT2D eigenvalue weighted by Gasteiger charge is -2.47. The molecule has 0 fully saturated rings. The van der Waals surface area contributed by atoms with Gasteiger partial charge in [0, 0.05) is 23.3 Å². The smallest absolute Gasteiger partial charge is 0.159 e. The summed E-state index contributed by atoms with van der Waals surface area (Å²) >= 11 is 0. The van der Waals surface area contributed by atoms with Gasteiger partial charge in [-0.15, -0.1) is 0 Å². The van der Waals surface area contributed by atoms with Gasteiger partial charge in [0.15, 0.2) is 11.6 Å². The maximum Gasteiger partial charge on any atom is 0.159 e.